The van der Waals surface area contributed by atoms with Gasteiger partial charge in [-0.3, -0.25) is 9.69 Å². The highest BCUT2D eigenvalue weighted by Crippen LogP contribution is 2.31. The van der Waals surface area contributed by atoms with E-state index in [-0.39, 0.29) is 11.9 Å². The van der Waals surface area contributed by atoms with Gasteiger partial charge in [-0.2, -0.15) is 0 Å². The Kier molecular flexibility index (Phi) is 9.60. The maximum absolute atomic E-state index is 13.1. The predicted molar refractivity (Wildman–Crippen MR) is 162 cm³/mol. The number of fused-ring (bicyclic) bond motifs is 1. The molecule has 7 nitrogen and oxygen atoms in total. The van der Waals surface area contributed by atoms with Crippen LogP contribution in [0.1, 0.15) is 31.4 Å². The van der Waals surface area contributed by atoms with Crippen molar-refractivity contribution in [1.29, 1.82) is 0 Å². The van der Waals surface area contributed by atoms with Gasteiger partial charge in [-0.05, 0) is 43.2 Å². The smallest absolute Gasteiger partial charge is 0.222 e. The highest BCUT2D eigenvalue weighted by Gasteiger charge is 2.19. The summed E-state index contributed by atoms with van der Waals surface area (Å²) in [5.74, 6) is 1.42. The van der Waals surface area contributed by atoms with Crippen molar-refractivity contribution in [3.05, 3.63) is 89.4 Å². The number of hydrogen-bond acceptors (Lipinski definition) is 6. The Bertz CT molecular complexity index is 1410. The fourth-order valence-electron chi connectivity index (χ4n) is 5.07. The molecular weight excluding hydrogens is 522 g/mol. The number of rotatable bonds is 11. The molecule has 5 rings (SSSR count). The highest BCUT2D eigenvalue weighted by atomic mass is 35.5. The summed E-state index contributed by atoms with van der Waals surface area (Å²) < 4.78 is 5.51. The normalized spacial score (nSPS) is 14.7. The Morgan fingerprint density at radius 2 is 1.70 bits per heavy atom. The van der Waals surface area contributed by atoms with Gasteiger partial charge in [-0.15, -0.1) is 0 Å². The zero-order valence-electron chi connectivity index (χ0n) is 22.9. The molecule has 1 N–H and O–H groups in total. The van der Waals surface area contributed by atoms with E-state index < -0.39 is 0 Å². The maximum Gasteiger partial charge on any atom is 0.222 e. The van der Waals surface area contributed by atoms with E-state index in [1.165, 1.54) is 0 Å². The van der Waals surface area contributed by atoms with Gasteiger partial charge < -0.3 is 15.0 Å². The second-order valence-corrected chi connectivity index (χ2v) is 10.5. The molecule has 1 aliphatic heterocycles. The number of halogens is 1. The molecule has 1 fully saturated rings. The van der Waals surface area contributed by atoms with Crippen LogP contribution in [0.2, 0.25) is 5.02 Å². The van der Waals surface area contributed by atoms with Crippen molar-refractivity contribution >= 4 is 34.2 Å². The maximum atomic E-state index is 13.1. The zero-order valence-corrected chi connectivity index (χ0v) is 23.7. The summed E-state index contributed by atoms with van der Waals surface area (Å²) in [4.78, 5) is 27.6. The number of carbonyl (C=O) groups excluding carboxylic acids is 1. The van der Waals surface area contributed by atoms with Crippen LogP contribution in [0.25, 0.3) is 22.3 Å². The average Bonchev–Trinajstić information content (AvgIpc) is 2.99. The molecule has 0 saturated carbocycles. The highest BCUT2D eigenvalue weighted by molar-refractivity contribution is 6.33. The molecule has 208 valence electrons. The molecule has 0 unspecified atom stereocenters. The summed E-state index contributed by atoms with van der Waals surface area (Å²) in [5, 5.41) is 4.72. The number of nitrogens with one attached hydrogen (secondary N) is 1. The molecule has 1 atom stereocenters. The molecule has 1 aromatic heterocycles. The van der Waals surface area contributed by atoms with Crippen LogP contribution < -0.4 is 10.2 Å². The number of amides is 1. The first-order valence-corrected chi connectivity index (χ1v) is 14.4. The third kappa shape index (κ3) is 7.16. The van der Waals surface area contributed by atoms with E-state index in [0.29, 0.717) is 23.8 Å². The number of para-hydroxylation sites is 1. The molecule has 1 aliphatic rings. The number of benzene rings is 3. The molecule has 40 heavy (non-hydrogen) atoms. The average molecular weight is 558 g/mol. The topological polar surface area (TPSA) is 70.6 Å². The van der Waals surface area contributed by atoms with E-state index in [4.69, 9.17) is 26.3 Å². The van der Waals surface area contributed by atoms with Crippen molar-refractivity contribution in [2.75, 3.05) is 50.8 Å². The van der Waals surface area contributed by atoms with Gasteiger partial charge in [0.2, 0.25) is 5.91 Å². The Labute approximate surface area is 241 Å². The molecule has 4 aromatic rings. The number of aromatic nitrogens is 2. The first-order valence-electron chi connectivity index (χ1n) is 14.0. The molecule has 0 bridgehead atoms. The SMILES string of the molecule is C[C@H](NC(=O)CCN(CCCN1CCOCC1)c1nc(-c2ccccc2Cl)nc2ccccc12)c1ccccc1. The molecule has 0 radical (unpaired) electrons. The van der Waals surface area contributed by atoms with Gasteiger partial charge in [-0.1, -0.05) is 66.2 Å². The minimum absolute atomic E-state index is 0.0132. The van der Waals surface area contributed by atoms with Crippen LogP contribution >= 0.6 is 11.6 Å². The van der Waals surface area contributed by atoms with Crippen LogP contribution in [0.3, 0.4) is 0 Å². The Balaban J connectivity index is 1.39. The predicted octanol–water partition coefficient (Wildman–Crippen LogP) is 5.75. The first-order chi connectivity index (χ1) is 19.6. The number of morpholine rings is 1. The van der Waals surface area contributed by atoms with Crippen LogP contribution in [0.5, 0.6) is 0 Å². The Hall–Kier alpha value is -3.52. The number of ether oxygens (including phenoxy) is 1. The molecule has 1 saturated heterocycles. The summed E-state index contributed by atoms with van der Waals surface area (Å²) in [5.41, 5.74) is 2.73. The van der Waals surface area contributed by atoms with Gasteiger partial charge in [0.25, 0.3) is 0 Å². The van der Waals surface area contributed by atoms with Gasteiger partial charge in [0.1, 0.15) is 5.82 Å². The fraction of sp³-hybridized carbons (Fsp3) is 0.344. The monoisotopic (exact) mass is 557 g/mol. The van der Waals surface area contributed by atoms with Crippen LogP contribution in [0, 0.1) is 0 Å². The van der Waals surface area contributed by atoms with E-state index in [2.05, 4.69) is 15.1 Å². The van der Waals surface area contributed by atoms with Crippen molar-refractivity contribution in [3.63, 3.8) is 0 Å². The zero-order chi connectivity index (χ0) is 27.7. The van der Waals surface area contributed by atoms with Crippen LogP contribution in [-0.4, -0.2) is 66.7 Å². The van der Waals surface area contributed by atoms with E-state index in [9.17, 15) is 4.79 Å². The van der Waals surface area contributed by atoms with E-state index in [1.54, 1.807) is 0 Å². The Morgan fingerprint density at radius 3 is 2.50 bits per heavy atom. The molecule has 0 aliphatic carbocycles. The first kappa shape index (κ1) is 28.0. The van der Waals surface area contributed by atoms with Gasteiger partial charge in [-0.25, -0.2) is 9.97 Å². The second-order valence-electron chi connectivity index (χ2n) is 10.1. The molecule has 1 amide bonds. The third-order valence-electron chi connectivity index (χ3n) is 7.29. The van der Waals surface area contributed by atoms with Crippen molar-refractivity contribution in [1.82, 2.24) is 20.2 Å². The minimum atomic E-state index is -0.0600. The van der Waals surface area contributed by atoms with Gasteiger partial charge >= 0.3 is 0 Å². The van der Waals surface area contributed by atoms with E-state index in [1.807, 2.05) is 85.8 Å². The third-order valence-corrected chi connectivity index (χ3v) is 7.62. The number of anilines is 1. The molecule has 0 spiro atoms. The molecular formula is C32H36ClN5O2. The van der Waals surface area contributed by atoms with Crippen LogP contribution in [0.4, 0.5) is 5.82 Å². The lowest BCUT2D eigenvalue weighted by atomic mass is 10.1. The van der Waals surface area contributed by atoms with Crippen LogP contribution in [-0.2, 0) is 9.53 Å². The lowest BCUT2D eigenvalue weighted by molar-refractivity contribution is -0.121. The summed E-state index contributed by atoms with van der Waals surface area (Å²) in [6, 6.07) is 25.7. The number of nitrogens with zero attached hydrogens (tertiary/aromatic N) is 4. The van der Waals surface area contributed by atoms with E-state index in [0.717, 1.165) is 73.7 Å². The lowest BCUT2D eigenvalue weighted by Crippen LogP contribution is -2.39. The second kappa shape index (κ2) is 13.7. The standard InChI is InChI=1S/C32H36ClN5O2/c1-24(25-10-3-2-4-11-25)34-30(39)16-19-38(18-9-17-37-20-22-40-23-21-37)32-27-13-6-8-15-29(27)35-31(36-32)26-12-5-7-14-28(26)33/h2-8,10-15,24H,9,16-23H2,1H3,(H,34,39)/t24-/m0/s1. The fourth-order valence-corrected chi connectivity index (χ4v) is 5.29. The van der Waals surface area contributed by atoms with Crippen molar-refractivity contribution in [3.8, 4) is 11.4 Å². The Morgan fingerprint density at radius 1 is 0.975 bits per heavy atom. The van der Waals surface area contributed by atoms with Gasteiger partial charge in [0.05, 0.1) is 29.8 Å². The van der Waals surface area contributed by atoms with Crippen molar-refractivity contribution < 1.29 is 9.53 Å². The number of carbonyl (C=O) groups is 1. The quantitative estimate of drug-likeness (QED) is 0.253. The lowest BCUT2D eigenvalue weighted by Gasteiger charge is -2.29. The van der Waals surface area contributed by atoms with Crippen LogP contribution in [0.15, 0.2) is 78.9 Å². The van der Waals surface area contributed by atoms with Crippen molar-refractivity contribution in [2.24, 2.45) is 0 Å². The number of hydrogen-bond donors (Lipinski definition) is 1. The summed E-state index contributed by atoms with van der Waals surface area (Å²) >= 11 is 6.55. The van der Waals surface area contributed by atoms with Crippen molar-refractivity contribution in [2.45, 2.75) is 25.8 Å². The molecule has 3 aromatic carbocycles. The van der Waals surface area contributed by atoms with Gasteiger partial charge in [0.15, 0.2) is 5.82 Å². The summed E-state index contributed by atoms with van der Waals surface area (Å²) in [7, 11) is 0. The largest absolute Gasteiger partial charge is 0.379 e. The molecule has 8 heteroatoms. The summed E-state index contributed by atoms with van der Waals surface area (Å²) in [6.07, 6.45) is 1.30. The van der Waals surface area contributed by atoms with E-state index >= 15 is 0 Å². The summed E-state index contributed by atoms with van der Waals surface area (Å²) in [6.45, 7) is 7.75. The molecule has 2 heterocycles. The van der Waals surface area contributed by atoms with Gasteiger partial charge in [0, 0.05) is 50.1 Å². The minimum Gasteiger partial charge on any atom is -0.379 e.